The van der Waals surface area contributed by atoms with Gasteiger partial charge in [0, 0.05) is 36.3 Å². The zero-order valence-corrected chi connectivity index (χ0v) is 17.1. The van der Waals surface area contributed by atoms with Crippen molar-refractivity contribution >= 4 is 11.5 Å². The molecule has 152 valence electrons. The van der Waals surface area contributed by atoms with Gasteiger partial charge in [-0.1, -0.05) is 25.1 Å². The van der Waals surface area contributed by atoms with Crippen molar-refractivity contribution in [2.24, 2.45) is 0 Å². The maximum absolute atomic E-state index is 13.3. The molecule has 29 heavy (non-hydrogen) atoms. The smallest absolute Gasteiger partial charge is 0.179 e. The van der Waals surface area contributed by atoms with Crippen molar-refractivity contribution in [3.8, 4) is 0 Å². The molecule has 2 aromatic carbocycles. The van der Waals surface area contributed by atoms with Gasteiger partial charge >= 0.3 is 0 Å². The average Bonchev–Trinajstić information content (AvgIpc) is 2.90. The quantitative estimate of drug-likeness (QED) is 0.698. The number of para-hydroxylation sites is 1. The minimum atomic E-state index is -0.295. The monoisotopic (exact) mass is 392 g/mol. The zero-order chi connectivity index (χ0) is 20.0. The normalized spacial score (nSPS) is 24.6. The van der Waals surface area contributed by atoms with Crippen molar-refractivity contribution in [1.82, 2.24) is 4.90 Å². The van der Waals surface area contributed by atoms with Crippen LogP contribution in [0.4, 0.5) is 10.1 Å². The van der Waals surface area contributed by atoms with E-state index in [1.54, 1.807) is 12.1 Å². The lowest BCUT2D eigenvalue weighted by Crippen LogP contribution is -2.42. The summed E-state index contributed by atoms with van der Waals surface area (Å²) in [4.78, 5) is 18.2. The molecule has 0 amide bonds. The second-order valence-corrected chi connectivity index (χ2v) is 8.73. The highest BCUT2D eigenvalue weighted by Crippen LogP contribution is 2.49. The number of fused-ring (bicyclic) bond motifs is 3. The molecule has 3 unspecified atom stereocenters. The maximum Gasteiger partial charge on any atom is 0.179 e. The van der Waals surface area contributed by atoms with Gasteiger partial charge < -0.3 is 4.90 Å². The molecule has 0 bridgehead atoms. The summed E-state index contributed by atoms with van der Waals surface area (Å²) in [6.45, 7) is 5.15. The third-order valence-corrected chi connectivity index (χ3v) is 7.25. The molecule has 2 aromatic rings. The molecule has 3 aliphatic heterocycles. The summed E-state index contributed by atoms with van der Waals surface area (Å²) in [5, 5.41) is 0. The number of carbonyl (C=O) groups excluding carboxylic acids is 1. The molecule has 0 spiro atoms. The first kappa shape index (κ1) is 18.8. The van der Waals surface area contributed by atoms with E-state index in [9.17, 15) is 9.18 Å². The number of rotatable bonds is 4. The number of benzene rings is 2. The predicted octanol–water partition coefficient (Wildman–Crippen LogP) is 4.80. The van der Waals surface area contributed by atoms with Gasteiger partial charge in [-0.3, -0.25) is 9.69 Å². The first-order valence-corrected chi connectivity index (χ1v) is 11.1. The van der Waals surface area contributed by atoms with Gasteiger partial charge in [-0.2, -0.15) is 0 Å². The van der Waals surface area contributed by atoms with Crippen LogP contribution >= 0.6 is 0 Å². The van der Waals surface area contributed by atoms with Crippen molar-refractivity contribution in [3.63, 3.8) is 0 Å². The number of hydrogen-bond acceptors (Lipinski definition) is 3. The fraction of sp³-hybridized carbons (Fsp3) is 0.480. The largest absolute Gasteiger partial charge is 0.367 e. The Bertz CT molecular complexity index is 910. The number of carbonyl (C=O) groups is 1. The summed E-state index contributed by atoms with van der Waals surface area (Å²) in [6, 6.07) is 13.3. The van der Waals surface area contributed by atoms with E-state index in [-0.39, 0.29) is 17.6 Å². The SMILES string of the molecule is CCC(C(=O)c1ccc(F)cc1)N1CCC2c3cccc4c3N(CCC4)C2CC1. The van der Waals surface area contributed by atoms with Gasteiger partial charge in [0.25, 0.3) is 0 Å². The van der Waals surface area contributed by atoms with Gasteiger partial charge in [0.2, 0.25) is 0 Å². The van der Waals surface area contributed by atoms with Crippen molar-refractivity contribution in [2.45, 2.75) is 57.0 Å². The number of anilines is 1. The van der Waals surface area contributed by atoms with Crippen LogP contribution in [0.25, 0.3) is 0 Å². The number of aryl methyl sites for hydroxylation is 1. The summed E-state index contributed by atoms with van der Waals surface area (Å²) in [5.74, 6) is 0.406. The fourth-order valence-corrected chi connectivity index (χ4v) is 5.92. The number of ketones is 1. The topological polar surface area (TPSA) is 23.6 Å². The maximum atomic E-state index is 13.3. The standard InChI is InChI=1S/C25H29FN2O/c1-2-22(25(29)18-8-10-19(26)11-9-18)27-15-12-20-21-7-3-5-17-6-4-14-28(24(17)21)23(20)13-16-27/h3,5,7-11,20,22-23H,2,4,6,12-16H2,1H3. The predicted molar refractivity (Wildman–Crippen MR) is 114 cm³/mol. The van der Waals surface area contributed by atoms with Crippen LogP contribution in [0.1, 0.15) is 60.0 Å². The molecule has 1 saturated heterocycles. The molecule has 5 rings (SSSR count). The zero-order valence-electron chi connectivity index (χ0n) is 17.1. The Morgan fingerprint density at radius 1 is 1.10 bits per heavy atom. The van der Waals surface area contributed by atoms with Gasteiger partial charge in [-0.05, 0) is 74.0 Å². The van der Waals surface area contributed by atoms with Crippen molar-refractivity contribution in [3.05, 3.63) is 65.0 Å². The molecule has 0 N–H and O–H groups in total. The molecule has 4 heteroatoms. The highest BCUT2D eigenvalue weighted by atomic mass is 19.1. The van der Waals surface area contributed by atoms with E-state index in [1.807, 2.05) is 0 Å². The van der Waals surface area contributed by atoms with E-state index in [0.29, 0.717) is 17.5 Å². The molecule has 3 nitrogen and oxygen atoms in total. The van der Waals surface area contributed by atoms with Crippen LogP contribution in [0.5, 0.6) is 0 Å². The molecule has 3 atom stereocenters. The van der Waals surface area contributed by atoms with Gasteiger partial charge in [0.1, 0.15) is 5.82 Å². The third-order valence-electron chi connectivity index (χ3n) is 7.25. The summed E-state index contributed by atoms with van der Waals surface area (Å²) in [7, 11) is 0. The van der Waals surface area contributed by atoms with E-state index in [4.69, 9.17) is 0 Å². The average molecular weight is 393 g/mol. The molecule has 3 aliphatic rings. The van der Waals surface area contributed by atoms with Crippen molar-refractivity contribution < 1.29 is 9.18 Å². The van der Waals surface area contributed by atoms with Crippen LogP contribution < -0.4 is 4.90 Å². The number of halogens is 1. The van der Waals surface area contributed by atoms with Gasteiger partial charge in [-0.25, -0.2) is 4.39 Å². The van der Waals surface area contributed by atoms with E-state index in [0.717, 1.165) is 38.9 Å². The highest BCUT2D eigenvalue weighted by molar-refractivity contribution is 6.00. The third kappa shape index (κ3) is 3.18. The summed E-state index contributed by atoms with van der Waals surface area (Å²) in [5.41, 5.74) is 5.20. The minimum Gasteiger partial charge on any atom is -0.367 e. The summed E-state index contributed by atoms with van der Waals surface area (Å²) >= 11 is 0. The number of Topliss-reactive ketones (excluding diaryl/α,β-unsaturated/α-hetero) is 1. The van der Waals surface area contributed by atoms with Crippen LogP contribution in [0, 0.1) is 5.82 Å². The molecular weight excluding hydrogens is 363 g/mol. The second-order valence-electron chi connectivity index (χ2n) is 8.73. The van der Waals surface area contributed by atoms with Gasteiger partial charge in [-0.15, -0.1) is 0 Å². The Balaban J connectivity index is 1.37. The van der Waals surface area contributed by atoms with E-state index >= 15 is 0 Å². The second kappa shape index (κ2) is 7.56. The summed E-state index contributed by atoms with van der Waals surface area (Å²) in [6.07, 6.45) is 5.44. The van der Waals surface area contributed by atoms with E-state index in [1.165, 1.54) is 41.8 Å². The number of hydrogen-bond donors (Lipinski definition) is 0. The lowest BCUT2D eigenvalue weighted by Gasteiger charge is -2.34. The van der Waals surface area contributed by atoms with Crippen LogP contribution in [0.3, 0.4) is 0 Å². The van der Waals surface area contributed by atoms with E-state index in [2.05, 4.69) is 34.9 Å². The van der Waals surface area contributed by atoms with Crippen molar-refractivity contribution in [2.75, 3.05) is 24.5 Å². The molecule has 0 saturated carbocycles. The molecule has 0 aliphatic carbocycles. The Morgan fingerprint density at radius 3 is 2.69 bits per heavy atom. The lowest BCUT2D eigenvalue weighted by molar-refractivity contribution is 0.0814. The lowest BCUT2D eigenvalue weighted by atomic mass is 9.90. The van der Waals surface area contributed by atoms with Crippen LogP contribution in [-0.2, 0) is 6.42 Å². The van der Waals surface area contributed by atoms with Crippen LogP contribution in [-0.4, -0.2) is 42.4 Å². The summed E-state index contributed by atoms with van der Waals surface area (Å²) < 4.78 is 13.3. The molecular formula is C25H29FN2O. The van der Waals surface area contributed by atoms with Crippen LogP contribution in [0.2, 0.25) is 0 Å². The van der Waals surface area contributed by atoms with Gasteiger partial charge in [0.05, 0.1) is 6.04 Å². The highest BCUT2D eigenvalue weighted by Gasteiger charge is 2.42. The Labute approximate surface area is 172 Å². The van der Waals surface area contributed by atoms with Gasteiger partial charge in [0.15, 0.2) is 5.78 Å². The Hall–Kier alpha value is -2.20. The molecule has 0 radical (unpaired) electrons. The Morgan fingerprint density at radius 2 is 1.90 bits per heavy atom. The fourth-order valence-electron chi connectivity index (χ4n) is 5.92. The first-order chi connectivity index (χ1) is 14.2. The minimum absolute atomic E-state index is 0.119. The van der Waals surface area contributed by atoms with E-state index < -0.39 is 0 Å². The number of likely N-dealkylation sites (tertiary alicyclic amines) is 1. The molecule has 3 heterocycles. The van der Waals surface area contributed by atoms with Crippen molar-refractivity contribution in [1.29, 1.82) is 0 Å². The Kier molecular flexibility index (Phi) is 4.91. The van der Waals surface area contributed by atoms with Crippen LogP contribution in [0.15, 0.2) is 42.5 Å². The molecule has 1 fully saturated rings. The molecule has 0 aromatic heterocycles. The number of nitrogens with zero attached hydrogens (tertiary/aromatic N) is 2. The first-order valence-electron chi connectivity index (χ1n) is 11.1.